The predicted molar refractivity (Wildman–Crippen MR) is 215 cm³/mol. The van der Waals surface area contributed by atoms with Gasteiger partial charge in [0.15, 0.2) is 6.10 Å². The monoisotopic (exact) mass is 777 g/mol. The number of hydrogen-bond acceptors (Lipinski definition) is 9. The highest BCUT2D eigenvalue weighted by molar-refractivity contribution is 7.47. The molecule has 0 bridgehead atoms. The first kappa shape index (κ1) is 51.7. The van der Waals surface area contributed by atoms with Crippen LogP contribution in [-0.4, -0.2) is 65.7 Å². The van der Waals surface area contributed by atoms with Crippen LogP contribution in [0.25, 0.3) is 0 Å². The highest BCUT2D eigenvalue weighted by atomic mass is 31.2. The van der Waals surface area contributed by atoms with Crippen LogP contribution in [0, 0.1) is 0 Å². The van der Waals surface area contributed by atoms with E-state index in [1.807, 2.05) is 0 Å². The maximum Gasteiger partial charge on any atom is 0.472 e. The van der Waals surface area contributed by atoms with E-state index in [9.17, 15) is 24.2 Å². The fourth-order valence-corrected chi connectivity index (χ4v) is 6.84. The lowest BCUT2D eigenvalue weighted by molar-refractivity contribution is -0.161. The Hall–Kier alpha value is -1.29. The zero-order chi connectivity index (χ0) is 39.1. The molecule has 0 aromatic rings. The van der Waals surface area contributed by atoms with Crippen LogP contribution >= 0.6 is 7.82 Å². The Bertz CT molecular complexity index is 899. The SMILES string of the molecule is CCCCCCC/C=C\CCCCCCCC(=O)OC(COC(=O)CCCCCCCCCCCCCCCCCC)COP(=O)(O)OCC(O)CO. The standard InChI is InChI=1S/C42H81O10P/c1-3-5-7-9-11-13-15-17-19-20-22-23-25-27-29-31-33-41(45)49-37-40(38-51-53(47,48)50-36-39(44)35-43)52-42(46)34-32-30-28-26-24-21-18-16-14-12-10-8-6-4-2/h16,18,39-40,43-44H,3-15,17,19-38H2,1-2H3,(H,47,48)/b18-16-. The molecule has 11 heteroatoms. The Kier molecular flexibility index (Phi) is 38.0. The van der Waals surface area contributed by atoms with E-state index in [2.05, 4.69) is 30.5 Å². The van der Waals surface area contributed by atoms with Gasteiger partial charge in [-0.15, -0.1) is 0 Å². The smallest absolute Gasteiger partial charge is 0.462 e. The van der Waals surface area contributed by atoms with Crippen molar-refractivity contribution in [1.82, 2.24) is 0 Å². The number of carbonyl (C=O) groups is 2. The number of phosphoric ester groups is 1. The third-order valence-corrected chi connectivity index (χ3v) is 10.4. The van der Waals surface area contributed by atoms with Gasteiger partial charge in [-0.05, 0) is 38.5 Å². The average Bonchev–Trinajstić information content (AvgIpc) is 3.14. The Labute approximate surface area is 324 Å². The van der Waals surface area contributed by atoms with Crippen LogP contribution in [0.2, 0.25) is 0 Å². The van der Waals surface area contributed by atoms with Gasteiger partial charge in [0.1, 0.15) is 12.7 Å². The van der Waals surface area contributed by atoms with Gasteiger partial charge in [0.05, 0.1) is 19.8 Å². The van der Waals surface area contributed by atoms with Crippen molar-refractivity contribution in [2.45, 2.75) is 219 Å². The summed E-state index contributed by atoms with van der Waals surface area (Å²) in [6.45, 7) is 2.38. The molecule has 3 atom stereocenters. The van der Waals surface area contributed by atoms with E-state index in [0.29, 0.717) is 12.8 Å². The topological polar surface area (TPSA) is 149 Å². The molecule has 0 heterocycles. The number of aliphatic hydroxyl groups excluding tert-OH is 2. The summed E-state index contributed by atoms with van der Waals surface area (Å²) in [5.41, 5.74) is 0. The molecule has 0 amide bonds. The van der Waals surface area contributed by atoms with Crippen molar-refractivity contribution in [2.75, 3.05) is 26.4 Å². The van der Waals surface area contributed by atoms with E-state index >= 15 is 0 Å². The number of hydrogen-bond donors (Lipinski definition) is 3. The fourth-order valence-electron chi connectivity index (χ4n) is 6.05. The van der Waals surface area contributed by atoms with Gasteiger partial charge >= 0.3 is 19.8 Å². The van der Waals surface area contributed by atoms with Crippen LogP contribution in [0.4, 0.5) is 0 Å². The first-order valence-electron chi connectivity index (χ1n) is 21.6. The van der Waals surface area contributed by atoms with E-state index in [-0.39, 0.29) is 19.4 Å². The number of ether oxygens (including phenoxy) is 2. The fraction of sp³-hybridized carbons (Fsp3) is 0.905. The second kappa shape index (κ2) is 39.0. The molecule has 10 nitrogen and oxygen atoms in total. The predicted octanol–water partition coefficient (Wildman–Crippen LogP) is 11.2. The van der Waals surface area contributed by atoms with Gasteiger partial charge in [-0.1, -0.05) is 167 Å². The first-order chi connectivity index (χ1) is 25.7. The molecule has 3 N–H and O–H groups in total. The molecule has 0 aliphatic rings. The van der Waals surface area contributed by atoms with Crippen LogP contribution < -0.4 is 0 Å². The molecule has 0 spiro atoms. The minimum atomic E-state index is -4.61. The van der Waals surface area contributed by atoms with Crippen molar-refractivity contribution in [3.8, 4) is 0 Å². The van der Waals surface area contributed by atoms with Gasteiger partial charge in [0, 0.05) is 12.8 Å². The molecule has 0 saturated heterocycles. The lowest BCUT2D eigenvalue weighted by Crippen LogP contribution is -2.29. The second-order valence-electron chi connectivity index (χ2n) is 14.7. The summed E-state index contributed by atoms with van der Waals surface area (Å²) in [5.74, 6) is -0.925. The molecule has 0 aliphatic heterocycles. The lowest BCUT2D eigenvalue weighted by atomic mass is 10.0. The summed E-state index contributed by atoms with van der Waals surface area (Å²) in [7, 11) is -4.61. The van der Waals surface area contributed by atoms with Crippen molar-refractivity contribution >= 4 is 19.8 Å². The van der Waals surface area contributed by atoms with Crippen LogP contribution in [-0.2, 0) is 32.7 Å². The number of rotatable bonds is 41. The largest absolute Gasteiger partial charge is 0.472 e. The van der Waals surface area contributed by atoms with E-state index in [1.165, 1.54) is 109 Å². The summed E-state index contributed by atoms with van der Waals surface area (Å²) in [5, 5.41) is 18.3. The molecule has 0 aliphatic carbocycles. The van der Waals surface area contributed by atoms with Gasteiger partial charge in [0.25, 0.3) is 0 Å². The van der Waals surface area contributed by atoms with Crippen LogP contribution in [0.15, 0.2) is 12.2 Å². The Morgan fingerprint density at radius 1 is 0.547 bits per heavy atom. The number of carbonyl (C=O) groups excluding carboxylic acids is 2. The molecule has 0 rings (SSSR count). The van der Waals surface area contributed by atoms with E-state index in [4.69, 9.17) is 19.1 Å². The summed E-state index contributed by atoms with van der Waals surface area (Å²) < 4.78 is 32.7. The number of allylic oxidation sites excluding steroid dienone is 2. The van der Waals surface area contributed by atoms with Gasteiger partial charge in [0.2, 0.25) is 0 Å². The molecule has 3 unspecified atom stereocenters. The maximum atomic E-state index is 12.6. The molecule has 0 aromatic carbocycles. The number of phosphoric acid groups is 1. The maximum absolute atomic E-state index is 12.6. The van der Waals surface area contributed by atoms with Gasteiger partial charge in [-0.2, -0.15) is 0 Å². The first-order valence-corrected chi connectivity index (χ1v) is 23.1. The molecule has 0 fully saturated rings. The highest BCUT2D eigenvalue weighted by Gasteiger charge is 2.27. The minimum absolute atomic E-state index is 0.178. The summed E-state index contributed by atoms with van der Waals surface area (Å²) in [6.07, 6.45) is 36.0. The van der Waals surface area contributed by atoms with Gasteiger partial charge in [-0.3, -0.25) is 18.6 Å². The lowest BCUT2D eigenvalue weighted by Gasteiger charge is -2.20. The van der Waals surface area contributed by atoms with Crippen molar-refractivity contribution in [2.24, 2.45) is 0 Å². The Morgan fingerprint density at radius 3 is 1.36 bits per heavy atom. The Balaban J connectivity index is 4.27. The Morgan fingerprint density at radius 2 is 0.925 bits per heavy atom. The molecular weight excluding hydrogens is 695 g/mol. The average molecular weight is 777 g/mol. The molecule has 53 heavy (non-hydrogen) atoms. The van der Waals surface area contributed by atoms with Gasteiger partial charge < -0.3 is 24.6 Å². The van der Waals surface area contributed by atoms with Gasteiger partial charge in [-0.25, -0.2) is 4.57 Å². The molecule has 0 aromatic heterocycles. The van der Waals surface area contributed by atoms with Crippen LogP contribution in [0.1, 0.15) is 206 Å². The molecule has 0 saturated carbocycles. The quantitative estimate of drug-likeness (QED) is 0.0237. The van der Waals surface area contributed by atoms with Crippen LogP contribution in [0.3, 0.4) is 0 Å². The highest BCUT2D eigenvalue weighted by Crippen LogP contribution is 2.43. The zero-order valence-electron chi connectivity index (χ0n) is 34.0. The number of aliphatic hydroxyl groups is 2. The van der Waals surface area contributed by atoms with E-state index in [1.54, 1.807) is 0 Å². The summed E-state index contributed by atoms with van der Waals surface area (Å²) in [6, 6.07) is 0. The van der Waals surface area contributed by atoms with Crippen molar-refractivity contribution in [1.29, 1.82) is 0 Å². The number of esters is 2. The molecule has 314 valence electrons. The summed E-state index contributed by atoms with van der Waals surface area (Å²) in [4.78, 5) is 34.9. The second-order valence-corrected chi connectivity index (χ2v) is 16.2. The minimum Gasteiger partial charge on any atom is -0.462 e. The van der Waals surface area contributed by atoms with Crippen molar-refractivity contribution < 1.29 is 47.8 Å². The van der Waals surface area contributed by atoms with Crippen molar-refractivity contribution in [3.63, 3.8) is 0 Å². The third kappa shape index (κ3) is 38.8. The van der Waals surface area contributed by atoms with Crippen LogP contribution in [0.5, 0.6) is 0 Å². The number of unbranched alkanes of at least 4 members (excludes halogenated alkanes) is 25. The normalized spacial score (nSPS) is 14.0. The zero-order valence-corrected chi connectivity index (χ0v) is 34.9. The molecule has 0 radical (unpaired) electrons. The third-order valence-electron chi connectivity index (χ3n) is 9.42. The van der Waals surface area contributed by atoms with E-state index < -0.39 is 51.8 Å². The van der Waals surface area contributed by atoms with E-state index in [0.717, 1.165) is 57.8 Å². The summed E-state index contributed by atoms with van der Waals surface area (Å²) >= 11 is 0. The molecular formula is C42H81O10P. The van der Waals surface area contributed by atoms with Crippen molar-refractivity contribution in [3.05, 3.63) is 12.2 Å².